The molecule has 2 N–H and O–H groups in total. The number of hydrogen-bond donors (Lipinski definition) is 2. The first-order chi connectivity index (χ1) is 10.2. The van der Waals surface area contributed by atoms with Gasteiger partial charge in [-0.05, 0) is 42.0 Å². The van der Waals surface area contributed by atoms with Gasteiger partial charge in [0.05, 0.1) is 16.4 Å². The molecule has 0 fully saturated rings. The number of aromatic nitrogens is 2. The predicted molar refractivity (Wildman–Crippen MR) is 81.8 cm³/mol. The van der Waals surface area contributed by atoms with Crippen LogP contribution in [0.2, 0.25) is 0 Å². The lowest BCUT2D eigenvalue weighted by molar-refractivity contribution is 0.628. The van der Waals surface area contributed by atoms with Crippen LogP contribution in [0.1, 0.15) is 0 Å². The number of nitrogens with one attached hydrogen (secondary N) is 2. The molecule has 0 amide bonds. The third-order valence-electron chi connectivity index (χ3n) is 3.66. The maximum Gasteiger partial charge on any atom is 0.257 e. The Morgan fingerprint density at radius 2 is 1.62 bits per heavy atom. The van der Waals surface area contributed by atoms with Gasteiger partial charge in [0.1, 0.15) is 5.82 Å². The molecule has 2 aromatic carbocycles. The summed E-state index contributed by atoms with van der Waals surface area (Å²) < 4.78 is 13.0. The van der Waals surface area contributed by atoms with Crippen molar-refractivity contribution in [2.24, 2.45) is 0 Å². The van der Waals surface area contributed by atoms with E-state index in [0.717, 1.165) is 27.7 Å². The largest absolute Gasteiger partial charge is 0.354 e. The Morgan fingerprint density at radius 3 is 2.43 bits per heavy atom. The Morgan fingerprint density at radius 1 is 0.857 bits per heavy atom. The molecule has 0 aliphatic carbocycles. The van der Waals surface area contributed by atoms with Crippen molar-refractivity contribution in [3.8, 4) is 11.3 Å². The smallest absolute Gasteiger partial charge is 0.257 e. The lowest BCUT2D eigenvalue weighted by Gasteiger charge is -1.99. The van der Waals surface area contributed by atoms with Crippen LogP contribution in [0.15, 0.2) is 59.4 Å². The van der Waals surface area contributed by atoms with Crippen molar-refractivity contribution in [1.82, 2.24) is 9.97 Å². The van der Waals surface area contributed by atoms with E-state index >= 15 is 0 Å². The van der Waals surface area contributed by atoms with E-state index in [0.29, 0.717) is 5.39 Å². The van der Waals surface area contributed by atoms with Crippen molar-refractivity contribution in [2.75, 3.05) is 0 Å². The Hall–Kier alpha value is -2.88. The maximum atomic E-state index is 13.0. The van der Waals surface area contributed by atoms with Gasteiger partial charge in [0.25, 0.3) is 5.56 Å². The molecule has 102 valence electrons. The second-order valence-electron chi connectivity index (χ2n) is 4.98. The van der Waals surface area contributed by atoms with Crippen LogP contribution in [0.4, 0.5) is 4.39 Å². The van der Waals surface area contributed by atoms with Crippen LogP contribution in [0.25, 0.3) is 33.1 Å². The minimum Gasteiger partial charge on any atom is -0.354 e. The van der Waals surface area contributed by atoms with E-state index in [1.165, 1.54) is 12.1 Å². The lowest BCUT2D eigenvalue weighted by atomic mass is 10.1. The topological polar surface area (TPSA) is 48.6 Å². The molecule has 0 radical (unpaired) electrons. The zero-order chi connectivity index (χ0) is 14.4. The molecule has 0 spiro atoms. The third kappa shape index (κ3) is 1.84. The highest BCUT2D eigenvalue weighted by Crippen LogP contribution is 2.26. The fraction of sp³-hybridized carbons (Fsp3) is 0. The molecular formula is C17H11FN2O. The highest BCUT2D eigenvalue weighted by atomic mass is 19.1. The summed E-state index contributed by atoms with van der Waals surface area (Å²) in [6, 6.07) is 15.6. The molecular weight excluding hydrogens is 267 g/mol. The molecule has 3 nitrogen and oxygen atoms in total. The van der Waals surface area contributed by atoms with Crippen LogP contribution in [-0.4, -0.2) is 9.97 Å². The van der Waals surface area contributed by atoms with Crippen molar-refractivity contribution in [1.29, 1.82) is 0 Å². The van der Waals surface area contributed by atoms with Crippen molar-refractivity contribution in [3.05, 3.63) is 70.8 Å². The van der Waals surface area contributed by atoms with E-state index in [9.17, 15) is 9.18 Å². The summed E-state index contributed by atoms with van der Waals surface area (Å²) >= 11 is 0. The average molecular weight is 278 g/mol. The first kappa shape index (κ1) is 11.9. The Labute approximate surface area is 119 Å². The second kappa shape index (κ2) is 4.31. The number of halogens is 1. The van der Waals surface area contributed by atoms with Gasteiger partial charge in [0, 0.05) is 11.1 Å². The summed E-state index contributed by atoms with van der Waals surface area (Å²) in [6.45, 7) is 0. The number of H-pyrrole nitrogens is 2. The molecule has 21 heavy (non-hydrogen) atoms. The number of fused-ring (bicyclic) bond motifs is 3. The van der Waals surface area contributed by atoms with Gasteiger partial charge in [-0.3, -0.25) is 4.79 Å². The molecule has 0 aliphatic rings. The van der Waals surface area contributed by atoms with Crippen LogP contribution in [-0.2, 0) is 0 Å². The molecule has 4 aromatic rings. The normalized spacial score (nSPS) is 11.3. The van der Waals surface area contributed by atoms with Crippen molar-refractivity contribution >= 4 is 21.8 Å². The zero-order valence-corrected chi connectivity index (χ0v) is 11.0. The van der Waals surface area contributed by atoms with Gasteiger partial charge in [-0.2, -0.15) is 0 Å². The fourth-order valence-corrected chi connectivity index (χ4v) is 2.63. The quantitative estimate of drug-likeness (QED) is 0.546. The molecule has 0 atom stereocenters. The molecule has 0 bridgehead atoms. The summed E-state index contributed by atoms with van der Waals surface area (Å²) in [5.74, 6) is -0.279. The monoisotopic (exact) mass is 278 g/mol. The van der Waals surface area contributed by atoms with Gasteiger partial charge >= 0.3 is 0 Å². The second-order valence-corrected chi connectivity index (χ2v) is 4.98. The van der Waals surface area contributed by atoms with E-state index in [4.69, 9.17) is 0 Å². The number of aromatic amines is 2. The summed E-state index contributed by atoms with van der Waals surface area (Å²) in [5, 5.41) is 1.56. The summed E-state index contributed by atoms with van der Waals surface area (Å²) in [6.07, 6.45) is 0. The Kier molecular flexibility index (Phi) is 2.44. The van der Waals surface area contributed by atoms with Crippen molar-refractivity contribution in [3.63, 3.8) is 0 Å². The fourth-order valence-electron chi connectivity index (χ4n) is 2.63. The zero-order valence-electron chi connectivity index (χ0n) is 11.0. The number of benzene rings is 2. The molecule has 0 unspecified atom stereocenters. The van der Waals surface area contributed by atoms with Gasteiger partial charge in [-0.15, -0.1) is 0 Å². The molecule has 0 saturated carbocycles. The molecule has 2 heterocycles. The Balaban J connectivity index is 2.05. The molecule has 2 aromatic heterocycles. The SMILES string of the molecule is O=c1[nH]c2ccccc2c2[nH]c(-c3ccc(F)cc3)cc12. The standard InChI is InChI=1S/C17H11FN2O/c18-11-7-5-10(6-8-11)15-9-13-16(19-15)12-3-1-2-4-14(12)20-17(13)21/h1-9,19H,(H,20,21). The number of rotatable bonds is 1. The molecule has 4 heteroatoms. The van der Waals surface area contributed by atoms with E-state index < -0.39 is 0 Å². The maximum absolute atomic E-state index is 13.0. The van der Waals surface area contributed by atoms with Crippen molar-refractivity contribution in [2.45, 2.75) is 0 Å². The van der Waals surface area contributed by atoms with E-state index in [-0.39, 0.29) is 11.4 Å². The van der Waals surface area contributed by atoms with Gasteiger partial charge in [0.15, 0.2) is 0 Å². The van der Waals surface area contributed by atoms with Gasteiger partial charge < -0.3 is 9.97 Å². The Bertz CT molecular complexity index is 1010. The van der Waals surface area contributed by atoms with Crippen LogP contribution < -0.4 is 5.56 Å². The number of pyridine rings is 1. The predicted octanol–water partition coefficient (Wildman–Crippen LogP) is 3.82. The van der Waals surface area contributed by atoms with Crippen LogP contribution in [0.5, 0.6) is 0 Å². The van der Waals surface area contributed by atoms with E-state index in [1.807, 2.05) is 24.3 Å². The minimum absolute atomic E-state index is 0.131. The van der Waals surface area contributed by atoms with Gasteiger partial charge in [0.2, 0.25) is 0 Å². The molecule has 0 aliphatic heterocycles. The first-order valence-electron chi connectivity index (χ1n) is 6.62. The first-order valence-corrected chi connectivity index (χ1v) is 6.62. The lowest BCUT2D eigenvalue weighted by Crippen LogP contribution is -2.04. The van der Waals surface area contributed by atoms with Crippen LogP contribution >= 0.6 is 0 Å². The molecule has 0 saturated heterocycles. The van der Waals surface area contributed by atoms with Crippen LogP contribution in [0.3, 0.4) is 0 Å². The average Bonchev–Trinajstić information content (AvgIpc) is 2.94. The van der Waals surface area contributed by atoms with Gasteiger partial charge in [-0.25, -0.2) is 4.39 Å². The number of hydrogen-bond acceptors (Lipinski definition) is 1. The highest BCUT2D eigenvalue weighted by molar-refractivity contribution is 6.04. The van der Waals surface area contributed by atoms with Gasteiger partial charge in [-0.1, -0.05) is 18.2 Å². The summed E-state index contributed by atoms with van der Waals surface area (Å²) in [7, 11) is 0. The number of para-hydroxylation sites is 1. The molecule has 4 rings (SSSR count). The third-order valence-corrected chi connectivity index (χ3v) is 3.66. The summed E-state index contributed by atoms with van der Waals surface area (Å²) in [5.41, 5.74) is 3.10. The van der Waals surface area contributed by atoms with Crippen molar-refractivity contribution < 1.29 is 4.39 Å². The minimum atomic E-state index is -0.279. The van der Waals surface area contributed by atoms with E-state index in [2.05, 4.69) is 9.97 Å². The highest BCUT2D eigenvalue weighted by Gasteiger charge is 2.10. The van der Waals surface area contributed by atoms with E-state index in [1.54, 1.807) is 18.2 Å². The van der Waals surface area contributed by atoms with Crippen LogP contribution in [0, 0.1) is 5.82 Å². The summed E-state index contributed by atoms with van der Waals surface area (Å²) in [4.78, 5) is 18.3.